The number of halogens is 1. The second kappa shape index (κ2) is 5.98. The average molecular weight is 321 g/mol. The lowest BCUT2D eigenvalue weighted by molar-refractivity contribution is -0.117. The third-order valence-corrected chi connectivity index (χ3v) is 3.83. The molecule has 1 N–H and O–H groups in total. The molecule has 0 bridgehead atoms. The van der Waals surface area contributed by atoms with Crippen LogP contribution in [0.25, 0.3) is 5.69 Å². The number of aryl methyl sites for hydroxylation is 1. The van der Waals surface area contributed by atoms with E-state index in [0.717, 1.165) is 0 Å². The second-order valence-corrected chi connectivity index (χ2v) is 5.32. The fraction of sp³-hybridized carbons (Fsp3) is 0.333. The molecule has 1 unspecified atom stereocenters. The van der Waals surface area contributed by atoms with E-state index in [9.17, 15) is 14.0 Å². The number of carbonyl (C=O) groups excluding carboxylic acids is 1. The lowest BCUT2D eigenvalue weighted by Gasteiger charge is -2.21. The van der Waals surface area contributed by atoms with Crippen LogP contribution < -0.4 is 10.6 Å². The first-order valence-corrected chi connectivity index (χ1v) is 7.07. The number of aliphatic hydroxyl groups is 1. The van der Waals surface area contributed by atoms with Gasteiger partial charge in [-0.2, -0.15) is 0 Å². The molecule has 122 valence electrons. The van der Waals surface area contributed by atoms with Crippen LogP contribution in [0.1, 0.15) is 0 Å². The van der Waals surface area contributed by atoms with Crippen LogP contribution in [-0.2, 0) is 16.6 Å². The number of nitrogens with zero attached hydrogens (tertiary/aromatic N) is 3. The normalized spacial score (nSPS) is 20.9. The van der Waals surface area contributed by atoms with E-state index in [4.69, 9.17) is 9.84 Å². The van der Waals surface area contributed by atoms with E-state index in [1.165, 1.54) is 33.7 Å². The third kappa shape index (κ3) is 2.66. The van der Waals surface area contributed by atoms with Gasteiger partial charge in [-0.25, -0.2) is 9.18 Å². The zero-order valence-corrected chi connectivity index (χ0v) is 12.4. The summed E-state index contributed by atoms with van der Waals surface area (Å²) in [5.74, 6) is -0.590. The van der Waals surface area contributed by atoms with Crippen LogP contribution in [-0.4, -0.2) is 46.0 Å². The van der Waals surface area contributed by atoms with E-state index in [1.54, 1.807) is 18.0 Å². The largest absolute Gasteiger partial charge is 0.394 e. The smallest absolute Gasteiger partial charge is 0.332 e. The molecule has 23 heavy (non-hydrogen) atoms. The highest BCUT2D eigenvalue weighted by atomic mass is 19.1. The summed E-state index contributed by atoms with van der Waals surface area (Å²) in [5.41, 5.74) is 0.219. The minimum Gasteiger partial charge on any atom is -0.394 e. The number of imidazole rings is 1. The standard InChI is InChI=1S/C15H16FN3O4/c1-17-4-5-18(15(17)22)13-3-2-10(6-12(13)16)19-7-11(8-20)23-14(19)9-21/h2-6,9,11,14,20H,7-8H2,1H3/t11-,14?/m1/s1. The SMILES string of the molecule is Cn1ccn(-c2ccc(N3C[C@H](CO)OC3C=O)cc2F)c1=O. The number of anilines is 1. The maximum atomic E-state index is 14.4. The summed E-state index contributed by atoms with van der Waals surface area (Å²) in [6, 6.07) is 4.33. The van der Waals surface area contributed by atoms with Gasteiger partial charge in [0, 0.05) is 31.7 Å². The summed E-state index contributed by atoms with van der Waals surface area (Å²) in [4.78, 5) is 24.5. The molecule has 0 spiro atoms. The number of carbonyl (C=O) groups is 1. The van der Waals surface area contributed by atoms with Crippen LogP contribution in [0.15, 0.2) is 35.4 Å². The summed E-state index contributed by atoms with van der Waals surface area (Å²) < 4.78 is 22.3. The minimum atomic E-state index is -0.864. The number of hydrogen-bond donors (Lipinski definition) is 1. The van der Waals surface area contributed by atoms with Gasteiger partial charge < -0.3 is 19.3 Å². The number of hydrogen-bond acceptors (Lipinski definition) is 5. The fourth-order valence-electron chi connectivity index (χ4n) is 2.61. The number of ether oxygens (including phenoxy) is 1. The van der Waals surface area contributed by atoms with Gasteiger partial charge in [-0.1, -0.05) is 0 Å². The Morgan fingerprint density at radius 2 is 2.22 bits per heavy atom. The van der Waals surface area contributed by atoms with Crippen LogP contribution in [0.4, 0.5) is 10.1 Å². The molecular weight excluding hydrogens is 305 g/mol. The number of aldehydes is 1. The summed E-state index contributed by atoms with van der Waals surface area (Å²) in [6.07, 6.45) is 2.26. The van der Waals surface area contributed by atoms with Crippen molar-refractivity contribution in [2.45, 2.75) is 12.3 Å². The molecule has 1 aliphatic heterocycles. The Hall–Kier alpha value is -2.45. The number of benzene rings is 1. The molecule has 2 atom stereocenters. The molecule has 0 saturated carbocycles. The summed E-state index contributed by atoms with van der Waals surface area (Å²) in [5, 5.41) is 9.14. The molecule has 0 amide bonds. The maximum absolute atomic E-state index is 14.4. The Morgan fingerprint density at radius 1 is 1.43 bits per heavy atom. The van der Waals surface area contributed by atoms with Crippen LogP contribution in [0.2, 0.25) is 0 Å². The molecule has 2 aromatic rings. The summed E-state index contributed by atoms with van der Waals surface area (Å²) in [7, 11) is 1.58. The summed E-state index contributed by atoms with van der Waals surface area (Å²) >= 11 is 0. The molecule has 0 radical (unpaired) electrons. The highest BCUT2D eigenvalue weighted by Gasteiger charge is 2.32. The highest BCUT2D eigenvalue weighted by Crippen LogP contribution is 2.26. The van der Waals surface area contributed by atoms with Gasteiger partial charge in [0.2, 0.25) is 0 Å². The zero-order chi connectivity index (χ0) is 16.6. The Morgan fingerprint density at radius 3 is 2.78 bits per heavy atom. The first-order chi connectivity index (χ1) is 11.0. The molecule has 1 aliphatic rings. The van der Waals surface area contributed by atoms with Crippen molar-refractivity contribution < 1.29 is 19.0 Å². The van der Waals surface area contributed by atoms with Crippen LogP contribution >= 0.6 is 0 Å². The maximum Gasteiger partial charge on any atom is 0.332 e. The zero-order valence-electron chi connectivity index (χ0n) is 12.4. The first kappa shape index (κ1) is 15.4. The predicted octanol–water partition coefficient (Wildman–Crippen LogP) is 0.0376. The molecule has 2 heterocycles. The van der Waals surface area contributed by atoms with Crippen molar-refractivity contribution in [3.05, 3.63) is 46.9 Å². The van der Waals surface area contributed by atoms with Crippen molar-refractivity contribution in [3.63, 3.8) is 0 Å². The number of rotatable bonds is 4. The van der Waals surface area contributed by atoms with Crippen molar-refractivity contribution in [1.82, 2.24) is 9.13 Å². The first-order valence-electron chi connectivity index (χ1n) is 7.07. The molecule has 1 fully saturated rings. The Kier molecular flexibility index (Phi) is 4.01. The molecule has 1 saturated heterocycles. The van der Waals surface area contributed by atoms with E-state index < -0.39 is 18.1 Å². The van der Waals surface area contributed by atoms with Crippen LogP contribution in [0, 0.1) is 5.82 Å². The van der Waals surface area contributed by atoms with Gasteiger partial charge in [0.05, 0.1) is 12.3 Å². The van der Waals surface area contributed by atoms with Crippen LogP contribution in [0.5, 0.6) is 0 Å². The van der Waals surface area contributed by atoms with Crippen molar-refractivity contribution >= 4 is 12.0 Å². The lowest BCUT2D eigenvalue weighted by atomic mass is 10.2. The van der Waals surface area contributed by atoms with Gasteiger partial charge >= 0.3 is 5.69 Å². The molecule has 8 heteroatoms. The summed E-state index contributed by atoms with van der Waals surface area (Å²) in [6.45, 7) is 0.0603. The topological polar surface area (TPSA) is 76.7 Å². The van der Waals surface area contributed by atoms with E-state index in [2.05, 4.69) is 0 Å². The van der Waals surface area contributed by atoms with Gasteiger partial charge in [-0.15, -0.1) is 0 Å². The Bertz CT molecular complexity index is 785. The third-order valence-electron chi connectivity index (χ3n) is 3.83. The molecule has 1 aromatic heterocycles. The van der Waals surface area contributed by atoms with Crippen LogP contribution in [0.3, 0.4) is 0 Å². The fourth-order valence-corrected chi connectivity index (χ4v) is 2.61. The number of aliphatic hydroxyl groups excluding tert-OH is 1. The Balaban J connectivity index is 1.95. The Labute approximate surface area is 131 Å². The van der Waals surface area contributed by atoms with Crippen molar-refractivity contribution in [3.8, 4) is 5.69 Å². The minimum absolute atomic E-state index is 0.126. The molecule has 7 nitrogen and oxygen atoms in total. The van der Waals surface area contributed by atoms with Gasteiger partial charge in [0.1, 0.15) is 11.9 Å². The monoisotopic (exact) mass is 321 g/mol. The van der Waals surface area contributed by atoms with E-state index in [1.807, 2.05) is 0 Å². The predicted molar refractivity (Wildman–Crippen MR) is 80.1 cm³/mol. The van der Waals surface area contributed by atoms with Gasteiger partial charge in [0.25, 0.3) is 0 Å². The number of aromatic nitrogens is 2. The van der Waals surface area contributed by atoms with Gasteiger partial charge in [-0.05, 0) is 18.2 Å². The molecule has 3 rings (SSSR count). The van der Waals surface area contributed by atoms with E-state index in [0.29, 0.717) is 12.0 Å². The van der Waals surface area contributed by atoms with E-state index >= 15 is 0 Å². The lowest BCUT2D eigenvalue weighted by Crippen LogP contribution is -2.31. The molecular formula is C15H16FN3O4. The van der Waals surface area contributed by atoms with Crippen molar-refractivity contribution in [2.24, 2.45) is 7.05 Å². The quantitative estimate of drug-likeness (QED) is 0.805. The molecule has 0 aliphatic carbocycles. The van der Waals surface area contributed by atoms with Gasteiger partial charge in [-0.3, -0.25) is 9.36 Å². The highest BCUT2D eigenvalue weighted by molar-refractivity contribution is 5.66. The molecule has 1 aromatic carbocycles. The van der Waals surface area contributed by atoms with Crippen molar-refractivity contribution in [2.75, 3.05) is 18.1 Å². The van der Waals surface area contributed by atoms with Crippen molar-refractivity contribution in [1.29, 1.82) is 0 Å². The van der Waals surface area contributed by atoms with Gasteiger partial charge in [0.15, 0.2) is 12.5 Å². The van der Waals surface area contributed by atoms with E-state index in [-0.39, 0.29) is 24.5 Å². The second-order valence-electron chi connectivity index (χ2n) is 5.32. The average Bonchev–Trinajstić information content (AvgIpc) is 3.12.